The van der Waals surface area contributed by atoms with E-state index in [1.807, 2.05) is 0 Å². The third-order valence-corrected chi connectivity index (χ3v) is 3.12. The first-order valence-electron chi connectivity index (χ1n) is 6.43. The number of benzene rings is 1. The number of non-ortho nitro benzene ring substituents is 1. The molecule has 0 aliphatic carbocycles. The van der Waals surface area contributed by atoms with Crippen LogP contribution in [-0.2, 0) is 0 Å². The van der Waals surface area contributed by atoms with Gasteiger partial charge < -0.3 is 9.40 Å². The van der Waals surface area contributed by atoms with Gasteiger partial charge in [0.15, 0.2) is 11.6 Å². The Morgan fingerprint density at radius 1 is 1.30 bits per heavy atom. The Kier molecular flexibility index (Phi) is 3.44. The molecule has 2 heterocycles. The Bertz CT molecular complexity index is 983. The molecule has 0 aliphatic rings. The molecule has 0 fully saturated rings. The summed E-state index contributed by atoms with van der Waals surface area (Å²) < 4.78 is 5.18. The normalized spacial score (nSPS) is 10.2. The van der Waals surface area contributed by atoms with Crippen LogP contribution in [0.15, 0.2) is 51.9 Å². The monoisotopic (exact) mass is 308 g/mol. The van der Waals surface area contributed by atoms with Gasteiger partial charge in [-0.2, -0.15) is 5.26 Å². The number of H-pyrrole nitrogens is 1. The van der Waals surface area contributed by atoms with E-state index in [0.29, 0.717) is 11.3 Å². The van der Waals surface area contributed by atoms with Crippen molar-refractivity contribution in [1.82, 2.24) is 9.97 Å². The zero-order valence-corrected chi connectivity index (χ0v) is 11.5. The summed E-state index contributed by atoms with van der Waals surface area (Å²) in [5, 5.41) is 20.1. The van der Waals surface area contributed by atoms with Crippen LogP contribution in [0.3, 0.4) is 0 Å². The number of furan rings is 1. The second-order valence-corrected chi connectivity index (χ2v) is 4.53. The topological polar surface area (TPSA) is 126 Å². The van der Waals surface area contributed by atoms with Crippen molar-refractivity contribution in [2.24, 2.45) is 0 Å². The number of nitro benzene ring substituents is 1. The molecule has 0 spiro atoms. The number of nitro groups is 1. The van der Waals surface area contributed by atoms with Crippen LogP contribution in [0, 0.1) is 21.4 Å². The van der Waals surface area contributed by atoms with Gasteiger partial charge in [-0.05, 0) is 12.1 Å². The second-order valence-electron chi connectivity index (χ2n) is 4.53. The maximum Gasteiger partial charge on any atom is 0.270 e. The average molecular weight is 308 g/mol. The summed E-state index contributed by atoms with van der Waals surface area (Å²) >= 11 is 0. The van der Waals surface area contributed by atoms with E-state index < -0.39 is 10.5 Å². The average Bonchev–Trinajstić information content (AvgIpc) is 3.08. The highest BCUT2D eigenvalue weighted by atomic mass is 16.6. The summed E-state index contributed by atoms with van der Waals surface area (Å²) in [6.07, 6.45) is 1.42. The van der Waals surface area contributed by atoms with E-state index >= 15 is 0 Å². The minimum absolute atomic E-state index is 0.0614. The van der Waals surface area contributed by atoms with Crippen molar-refractivity contribution >= 4 is 5.69 Å². The lowest BCUT2D eigenvalue weighted by Gasteiger charge is -2.05. The van der Waals surface area contributed by atoms with Crippen molar-refractivity contribution in [3.05, 3.63) is 68.7 Å². The van der Waals surface area contributed by atoms with E-state index in [2.05, 4.69) is 9.97 Å². The van der Waals surface area contributed by atoms with E-state index in [0.717, 1.165) is 0 Å². The minimum atomic E-state index is -0.643. The molecule has 8 heteroatoms. The van der Waals surface area contributed by atoms with E-state index in [9.17, 15) is 20.2 Å². The lowest BCUT2D eigenvalue weighted by molar-refractivity contribution is -0.384. The van der Waals surface area contributed by atoms with E-state index in [1.165, 1.54) is 24.5 Å². The molecule has 0 radical (unpaired) electrons. The van der Waals surface area contributed by atoms with Crippen LogP contribution in [0.5, 0.6) is 0 Å². The van der Waals surface area contributed by atoms with Gasteiger partial charge in [-0.1, -0.05) is 12.1 Å². The molecule has 0 saturated heterocycles. The number of nitrogens with zero attached hydrogens (tertiary/aromatic N) is 3. The van der Waals surface area contributed by atoms with Crippen LogP contribution in [0.1, 0.15) is 5.56 Å². The maximum absolute atomic E-state index is 12.1. The van der Waals surface area contributed by atoms with Crippen molar-refractivity contribution in [3.8, 4) is 28.9 Å². The molecular weight excluding hydrogens is 300 g/mol. The van der Waals surface area contributed by atoms with Crippen molar-refractivity contribution in [1.29, 1.82) is 5.26 Å². The van der Waals surface area contributed by atoms with Crippen LogP contribution in [0.4, 0.5) is 5.69 Å². The first-order chi connectivity index (χ1) is 11.1. The lowest BCUT2D eigenvalue weighted by atomic mass is 10.1. The van der Waals surface area contributed by atoms with Crippen molar-refractivity contribution < 1.29 is 9.34 Å². The van der Waals surface area contributed by atoms with Crippen LogP contribution < -0.4 is 5.56 Å². The van der Waals surface area contributed by atoms with Gasteiger partial charge in [-0.3, -0.25) is 14.9 Å². The van der Waals surface area contributed by atoms with Crippen molar-refractivity contribution in [2.45, 2.75) is 0 Å². The third kappa shape index (κ3) is 2.58. The van der Waals surface area contributed by atoms with Crippen molar-refractivity contribution in [3.63, 3.8) is 0 Å². The first kappa shape index (κ1) is 14.2. The molecule has 0 aliphatic heterocycles. The smallest absolute Gasteiger partial charge is 0.270 e. The molecule has 2 aromatic heterocycles. The number of aromatic amines is 1. The Balaban J connectivity index is 2.26. The number of hydrogen-bond donors (Lipinski definition) is 1. The van der Waals surface area contributed by atoms with Gasteiger partial charge >= 0.3 is 0 Å². The summed E-state index contributed by atoms with van der Waals surface area (Å²) in [5.41, 5.74) is -0.662. The zero-order chi connectivity index (χ0) is 16.4. The van der Waals surface area contributed by atoms with Crippen LogP contribution in [-0.4, -0.2) is 14.9 Å². The molecule has 1 N–H and O–H groups in total. The molecule has 0 bridgehead atoms. The molecule has 112 valence electrons. The summed E-state index contributed by atoms with van der Waals surface area (Å²) in [6, 6.07) is 10.6. The lowest BCUT2D eigenvalue weighted by Crippen LogP contribution is -2.14. The molecule has 0 amide bonds. The van der Waals surface area contributed by atoms with Crippen molar-refractivity contribution in [2.75, 3.05) is 0 Å². The number of nitrogens with one attached hydrogen (secondary N) is 1. The minimum Gasteiger partial charge on any atom is -0.461 e. The third-order valence-electron chi connectivity index (χ3n) is 3.12. The van der Waals surface area contributed by atoms with E-state index in [1.54, 1.807) is 24.3 Å². The molecule has 0 atom stereocenters. The highest BCUT2D eigenvalue weighted by Gasteiger charge is 2.17. The summed E-state index contributed by atoms with van der Waals surface area (Å²) in [5.74, 6) is 0.457. The molecule has 1 aromatic carbocycles. The number of rotatable bonds is 3. The fraction of sp³-hybridized carbons (Fsp3) is 0. The van der Waals surface area contributed by atoms with E-state index in [-0.39, 0.29) is 22.8 Å². The highest BCUT2D eigenvalue weighted by molar-refractivity contribution is 5.69. The fourth-order valence-electron chi connectivity index (χ4n) is 2.08. The first-order valence-corrected chi connectivity index (χ1v) is 6.43. The van der Waals surface area contributed by atoms with Gasteiger partial charge in [0.1, 0.15) is 11.6 Å². The van der Waals surface area contributed by atoms with Gasteiger partial charge in [0, 0.05) is 17.7 Å². The standard InChI is InChI=1S/C15H8N4O4/c16-8-11-13(9-3-1-4-10(7-9)19(21)22)17-14(18-15(11)20)12-5-2-6-23-12/h1-7H,(H,17,18,20). The zero-order valence-electron chi connectivity index (χ0n) is 11.5. The van der Waals surface area contributed by atoms with Gasteiger partial charge in [0.05, 0.1) is 16.9 Å². The molecule has 8 nitrogen and oxygen atoms in total. The Morgan fingerprint density at radius 2 is 2.13 bits per heavy atom. The molecule has 3 rings (SSSR count). The summed E-state index contributed by atoms with van der Waals surface area (Å²) in [7, 11) is 0. The number of nitriles is 1. The Hall–Kier alpha value is -3.73. The SMILES string of the molecule is N#Cc1c(-c2cccc([N+](=O)[O-])c2)nc(-c2ccco2)[nH]c1=O. The predicted octanol–water partition coefficient (Wildman–Crippen LogP) is 2.48. The van der Waals surface area contributed by atoms with E-state index in [4.69, 9.17) is 4.42 Å². The number of aromatic nitrogens is 2. The predicted molar refractivity (Wildman–Crippen MR) is 79.4 cm³/mol. The van der Waals surface area contributed by atoms with Gasteiger partial charge in [0.25, 0.3) is 11.2 Å². The molecule has 23 heavy (non-hydrogen) atoms. The maximum atomic E-state index is 12.1. The Morgan fingerprint density at radius 3 is 2.78 bits per heavy atom. The van der Waals surface area contributed by atoms with Gasteiger partial charge in [-0.25, -0.2) is 4.98 Å². The van der Waals surface area contributed by atoms with Gasteiger partial charge in [0.2, 0.25) is 0 Å². The number of hydrogen-bond acceptors (Lipinski definition) is 6. The summed E-state index contributed by atoms with van der Waals surface area (Å²) in [4.78, 5) is 29.1. The van der Waals surface area contributed by atoms with Crippen LogP contribution >= 0.6 is 0 Å². The van der Waals surface area contributed by atoms with Crippen LogP contribution in [0.25, 0.3) is 22.8 Å². The molecule has 0 unspecified atom stereocenters. The highest BCUT2D eigenvalue weighted by Crippen LogP contribution is 2.25. The molecule has 0 saturated carbocycles. The largest absolute Gasteiger partial charge is 0.461 e. The molecule has 3 aromatic rings. The second kappa shape index (κ2) is 5.57. The summed E-state index contributed by atoms with van der Waals surface area (Å²) in [6.45, 7) is 0. The fourth-order valence-corrected chi connectivity index (χ4v) is 2.08. The van der Waals surface area contributed by atoms with Gasteiger partial charge in [-0.15, -0.1) is 0 Å². The van der Waals surface area contributed by atoms with Crippen LogP contribution in [0.2, 0.25) is 0 Å². The quantitative estimate of drug-likeness (QED) is 0.585. The molecular formula is C15H8N4O4. The Labute approximate surface area is 128 Å².